The van der Waals surface area contributed by atoms with Gasteiger partial charge in [0.25, 0.3) is 0 Å². The maximum Gasteiger partial charge on any atom is 0.226 e. The van der Waals surface area contributed by atoms with Gasteiger partial charge in [0.1, 0.15) is 5.69 Å². The zero-order valence-electron chi connectivity index (χ0n) is 19.8. The molecule has 7 nitrogen and oxygen atoms in total. The van der Waals surface area contributed by atoms with Crippen LogP contribution in [-0.4, -0.2) is 31.5 Å². The Morgan fingerprint density at radius 2 is 2.03 bits per heavy atom. The summed E-state index contributed by atoms with van der Waals surface area (Å²) in [5.41, 5.74) is 8.23. The van der Waals surface area contributed by atoms with E-state index in [0.29, 0.717) is 12.3 Å². The standard InChI is InChI=1S/C26H30N6O.2H2/c1-6-15(2)18-11-20(26-22(12-18)29-24(33)9-16(3)28-26)17-7-8-23-21(10-17)25(30-32(23)5)19-13-27-31(4)14-19;;/h7-8,10-16,28H,6,9H2,1-5H3,(H,29,33);2*1H/t15?,16-;;/m1../s1. The number of aryl methyl sites for hydroxylation is 2. The molecule has 174 valence electrons. The summed E-state index contributed by atoms with van der Waals surface area (Å²) in [5, 5.41) is 16.9. The Hall–Kier alpha value is -3.61. The molecule has 1 unspecified atom stereocenters. The van der Waals surface area contributed by atoms with E-state index < -0.39 is 0 Å². The van der Waals surface area contributed by atoms with Gasteiger partial charge in [-0.2, -0.15) is 10.2 Å². The van der Waals surface area contributed by atoms with Crippen LogP contribution >= 0.6 is 0 Å². The monoisotopic (exact) mass is 446 g/mol. The fourth-order valence-corrected chi connectivity index (χ4v) is 4.63. The molecular formula is C26H34N6O. The van der Waals surface area contributed by atoms with Crippen LogP contribution in [0.25, 0.3) is 33.3 Å². The summed E-state index contributed by atoms with van der Waals surface area (Å²) in [7, 11) is 3.88. The van der Waals surface area contributed by atoms with Crippen LogP contribution in [0, 0.1) is 0 Å². The van der Waals surface area contributed by atoms with Gasteiger partial charge in [0, 0.05) is 52.1 Å². The normalized spacial score (nSPS) is 16.8. The number of amides is 1. The summed E-state index contributed by atoms with van der Waals surface area (Å²) >= 11 is 0. The van der Waals surface area contributed by atoms with E-state index in [-0.39, 0.29) is 14.8 Å². The zero-order valence-corrected chi connectivity index (χ0v) is 19.8. The fraction of sp³-hybridized carbons (Fsp3) is 0.346. The quantitative estimate of drug-likeness (QED) is 0.416. The molecule has 1 aliphatic heterocycles. The maximum absolute atomic E-state index is 12.5. The molecule has 0 bridgehead atoms. The second-order valence-corrected chi connectivity index (χ2v) is 9.20. The van der Waals surface area contributed by atoms with E-state index in [1.807, 2.05) is 38.1 Å². The molecular weight excluding hydrogens is 412 g/mol. The van der Waals surface area contributed by atoms with Crippen LogP contribution in [0.5, 0.6) is 0 Å². The minimum absolute atomic E-state index is 0. The van der Waals surface area contributed by atoms with E-state index in [0.717, 1.165) is 51.1 Å². The van der Waals surface area contributed by atoms with Crippen molar-refractivity contribution in [1.29, 1.82) is 0 Å². The Labute approximate surface area is 196 Å². The Morgan fingerprint density at radius 1 is 1.21 bits per heavy atom. The second-order valence-electron chi connectivity index (χ2n) is 9.20. The number of nitrogens with one attached hydrogen (secondary N) is 2. The van der Waals surface area contributed by atoms with Crippen LogP contribution in [0.15, 0.2) is 42.7 Å². The van der Waals surface area contributed by atoms with E-state index in [2.05, 4.69) is 59.9 Å². The molecule has 2 N–H and O–H groups in total. The van der Waals surface area contributed by atoms with E-state index in [1.165, 1.54) is 5.56 Å². The molecule has 0 spiro atoms. The molecule has 2 atom stereocenters. The van der Waals surface area contributed by atoms with Crippen LogP contribution in [0.3, 0.4) is 0 Å². The lowest BCUT2D eigenvalue weighted by Crippen LogP contribution is -2.19. The number of rotatable bonds is 4. The SMILES string of the molecule is CCC(C)c1cc2c(c(-c3ccc4c(c3)c(-c3cnn(C)c3)nn4C)c1)N[C@H](C)CC(=O)N2.[HH].[HH]. The largest absolute Gasteiger partial charge is 0.380 e. The summed E-state index contributed by atoms with van der Waals surface area (Å²) in [4.78, 5) is 12.5. The van der Waals surface area contributed by atoms with E-state index in [9.17, 15) is 4.79 Å². The van der Waals surface area contributed by atoms with Gasteiger partial charge in [0.2, 0.25) is 5.91 Å². The molecule has 33 heavy (non-hydrogen) atoms. The summed E-state index contributed by atoms with van der Waals surface area (Å²) in [6.07, 6.45) is 5.31. The molecule has 0 saturated carbocycles. The van der Waals surface area contributed by atoms with Crippen molar-refractivity contribution >= 4 is 28.2 Å². The number of benzene rings is 2. The first-order valence-corrected chi connectivity index (χ1v) is 11.5. The molecule has 0 aliphatic carbocycles. The lowest BCUT2D eigenvalue weighted by molar-refractivity contribution is -0.116. The summed E-state index contributed by atoms with van der Waals surface area (Å²) < 4.78 is 3.71. The van der Waals surface area contributed by atoms with Crippen molar-refractivity contribution in [3.05, 3.63) is 48.3 Å². The first kappa shape index (κ1) is 21.2. The summed E-state index contributed by atoms with van der Waals surface area (Å²) in [5.74, 6) is 0.433. The minimum atomic E-state index is 0. The van der Waals surface area contributed by atoms with Crippen LogP contribution in [-0.2, 0) is 18.9 Å². The third kappa shape index (κ3) is 3.77. The van der Waals surface area contributed by atoms with Crippen molar-refractivity contribution in [2.24, 2.45) is 14.1 Å². The third-order valence-corrected chi connectivity index (χ3v) is 6.64. The smallest absolute Gasteiger partial charge is 0.226 e. The summed E-state index contributed by atoms with van der Waals surface area (Å²) in [6.45, 7) is 6.47. The van der Waals surface area contributed by atoms with Gasteiger partial charge >= 0.3 is 0 Å². The van der Waals surface area contributed by atoms with Crippen molar-refractivity contribution in [2.75, 3.05) is 10.6 Å². The summed E-state index contributed by atoms with van der Waals surface area (Å²) in [6, 6.07) is 10.9. The molecule has 0 saturated heterocycles. The minimum Gasteiger partial charge on any atom is -0.380 e. The first-order valence-electron chi connectivity index (χ1n) is 11.5. The van der Waals surface area contributed by atoms with E-state index in [4.69, 9.17) is 5.10 Å². The second kappa shape index (κ2) is 8.06. The molecule has 2 aromatic heterocycles. The van der Waals surface area contributed by atoms with Gasteiger partial charge in [-0.3, -0.25) is 14.2 Å². The number of anilines is 2. The maximum atomic E-state index is 12.5. The topological polar surface area (TPSA) is 76.8 Å². The Balaban J connectivity index is 0.00000171. The van der Waals surface area contributed by atoms with Crippen LogP contribution in [0.2, 0.25) is 0 Å². The number of carbonyl (C=O) groups is 1. The van der Waals surface area contributed by atoms with E-state index >= 15 is 0 Å². The highest BCUT2D eigenvalue weighted by Crippen LogP contribution is 2.41. The molecule has 0 fully saturated rings. The van der Waals surface area contributed by atoms with Crippen LogP contribution in [0.4, 0.5) is 11.4 Å². The number of carbonyl (C=O) groups excluding carboxylic acids is 1. The number of aromatic nitrogens is 4. The van der Waals surface area contributed by atoms with Gasteiger partial charge in [-0.1, -0.05) is 19.9 Å². The fourth-order valence-electron chi connectivity index (χ4n) is 4.63. The number of hydrogen-bond donors (Lipinski definition) is 2. The molecule has 3 heterocycles. The van der Waals surface area contributed by atoms with Crippen molar-refractivity contribution in [3.8, 4) is 22.4 Å². The van der Waals surface area contributed by atoms with E-state index in [1.54, 1.807) is 4.68 Å². The predicted molar refractivity (Wildman–Crippen MR) is 138 cm³/mol. The highest BCUT2D eigenvalue weighted by molar-refractivity contribution is 6.02. The average molecular weight is 447 g/mol. The van der Waals surface area contributed by atoms with Crippen molar-refractivity contribution in [1.82, 2.24) is 19.6 Å². The predicted octanol–water partition coefficient (Wildman–Crippen LogP) is 5.79. The Kier molecular flexibility index (Phi) is 5.19. The molecule has 7 heteroatoms. The zero-order chi connectivity index (χ0) is 23.3. The van der Waals surface area contributed by atoms with Crippen molar-refractivity contribution < 1.29 is 7.65 Å². The van der Waals surface area contributed by atoms with Gasteiger partial charge in [-0.05, 0) is 54.7 Å². The molecule has 0 radical (unpaired) electrons. The van der Waals surface area contributed by atoms with Gasteiger partial charge in [-0.25, -0.2) is 0 Å². The van der Waals surface area contributed by atoms with Gasteiger partial charge in [-0.15, -0.1) is 0 Å². The lowest BCUT2D eigenvalue weighted by atomic mass is 9.91. The third-order valence-electron chi connectivity index (χ3n) is 6.64. The van der Waals surface area contributed by atoms with Gasteiger partial charge < -0.3 is 10.6 Å². The Bertz CT molecular complexity index is 1380. The average Bonchev–Trinajstić information content (AvgIpc) is 3.32. The molecule has 1 aliphatic rings. The number of hydrogen-bond acceptors (Lipinski definition) is 4. The molecule has 5 rings (SSSR count). The Morgan fingerprint density at radius 3 is 2.76 bits per heavy atom. The highest BCUT2D eigenvalue weighted by Gasteiger charge is 2.23. The highest BCUT2D eigenvalue weighted by atomic mass is 16.1. The lowest BCUT2D eigenvalue weighted by Gasteiger charge is -2.20. The van der Waals surface area contributed by atoms with Crippen LogP contribution < -0.4 is 10.6 Å². The number of nitrogens with zero attached hydrogens (tertiary/aromatic N) is 4. The van der Waals surface area contributed by atoms with Crippen molar-refractivity contribution in [2.45, 2.75) is 45.6 Å². The molecule has 4 aromatic rings. The molecule has 2 aromatic carbocycles. The first-order chi connectivity index (χ1) is 15.8. The van der Waals surface area contributed by atoms with Crippen molar-refractivity contribution in [3.63, 3.8) is 0 Å². The number of fused-ring (bicyclic) bond motifs is 2. The van der Waals surface area contributed by atoms with Crippen LogP contribution in [0.1, 0.15) is 47.9 Å². The van der Waals surface area contributed by atoms with Gasteiger partial charge in [0.05, 0.1) is 23.1 Å². The van der Waals surface area contributed by atoms with Gasteiger partial charge in [0.15, 0.2) is 0 Å². The molecule has 1 amide bonds.